The van der Waals surface area contributed by atoms with Crippen LogP contribution in [-0.2, 0) is 10.4 Å². The van der Waals surface area contributed by atoms with Crippen LogP contribution in [0.1, 0.15) is 22.3 Å². The van der Waals surface area contributed by atoms with Gasteiger partial charge in [-0.15, -0.1) is 6.58 Å². The third-order valence-electron chi connectivity index (χ3n) is 4.20. The molecule has 1 N–H and O–H groups in total. The van der Waals surface area contributed by atoms with Crippen LogP contribution in [-0.4, -0.2) is 23.3 Å². The lowest BCUT2D eigenvalue weighted by Crippen LogP contribution is -2.41. The second-order valence-corrected chi connectivity index (χ2v) is 6.65. The zero-order valence-corrected chi connectivity index (χ0v) is 14.7. The third kappa shape index (κ3) is 2.97. The molecule has 0 radical (unpaired) electrons. The molecule has 2 aromatic rings. The van der Waals surface area contributed by atoms with Crippen LogP contribution in [0.3, 0.4) is 0 Å². The molecule has 0 spiro atoms. The third-order valence-corrected chi connectivity index (χ3v) is 4.75. The largest absolute Gasteiger partial charge is 0.375 e. The Balaban J connectivity index is 1.99. The fourth-order valence-corrected chi connectivity index (χ4v) is 3.54. The molecule has 25 heavy (non-hydrogen) atoms. The second kappa shape index (κ2) is 6.64. The van der Waals surface area contributed by atoms with Gasteiger partial charge < -0.3 is 10.0 Å². The first kappa shape index (κ1) is 17.7. The quantitative estimate of drug-likeness (QED) is 0.634. The molecule has 3 rings (SSSR count). The van der Waals surface area contributed by atoms with Gasteiger partial charge >= 0.3 is 0 Å². The van der Waals surface area contributed by atoms with Gasteiger partial charge in [-0.05, 0) is 24.3 Å². The SMILES string of the molecule is C=CCN1C(=O)C(O)(CC(=O)c2ccc(Cl)cc2Cl)c2ccccc21. The first-order chi connectivity index (χ1) is 11.9. The highest BCUT2D eigenvalue weighted by atomic mass is 35.5. The van der Waals surface area contributed by atoms with Crippen molar-refractivity contribution in [3.8, 4) is 0 Å². The van der Waals surface area contributed by atoms with Crippen LogP contribution in [0.15, 0.2) is 55.1 Å². The van der Waals surface area contributed by atoms with Crippen molar-refractivity contribution in [1.29, 1.82) is 0 Å². The van der Waals surface area contributed by atoms with E-state index in [9.17, 15) is 14.7 Å². The van der Waals surface area contributed by atoms with Crippen LogP contribution in [0.2, 0.25) is 10.0 Å². The van der Waals surface area contributed by atoms with Crippen molar-refractivity contribution in [1.82, 2.24) is 0 Å². The summed E-state index contributed by atoms with van der Waals surface area (Å²) in [4.78, 5) is 26.9. The number of ketones is 1. The molecule has 0 saturated carbocycles. The molecule has 0 aromatic heterocycles. The Morgan fingerprint density at radius 3 is 2.64 bits per heavy atom. The van der Waals surface area contributed by atoms with E-state index in [1.807, 2.05) is 0 Å². The Labute approximate surface area is 155 Å². The van der Waals surface area contributed by atoms with Gasteiger partial charge in [-0.25, -0.2) is 0 Å². The van der Waals surface area contributed by atoms with E-state index in [-0.39, 0.29) is 17.1 Å². The normalized spacial score (nSPS) is 19.0. The lowest BCUT2D eigenvalue weighted by atomic mass is 9.88. The number of para-hydroxylation sites is 1. The van der Waals surface area contributed by atoms with Crippen LogP contribution in [0.4, 0.5) is 5.69 Å². The van der Waals surface area contributed by atoms with Crippen LogP contribution >= 0.6 is 23.2 Å². The Hall–Kier alpha value is -2.14. The maximum absolute atomic E-state index is 12.8. The highest BCUT2D eigenvalue weighted by molar-refractivity contribution is 6.37. The minimum absolute atomic E-state index is 0.183. The molecule has 4 nitrogen and oxygen atoms in total. The van der Waals surface area contributed by atoms with Gasteiger partial charge in [0.05, 0.1) is 17.1 Å². The number of hydrogen-bond donors (Lipinski definition) is 1. The summed E-state index contributed by atoms with van der Waals surface area (Å²) in [6.45, 7) is 3.88. The Kier molecular flexibility index (Phi) is 4.69. The Morgan fingerprint density at radius 1 is 1.24 bits per heavy atom. The Morgan fingerprint density at radius 2 is 1.96 bits per heavy atom. The molecule has 1 heterocycles. The fraction of sp³-hybridized carbons (Fsp3) is 0.158. The number of rotatable bonds is 5. The molecular formula is C19H15Cl2NO3. The number of amides is 1. The summed E-state index contributed by atoms with van der Waals surface area (Å²) in [6, 6.07) is 11.3. The van der Waals surface area contributed by atoms with Gasteiger partial charge in [0.25, 0.3) is 5.91 Å². The Bertz CT molecular complexity index is 881. The number of halogens is 2. The van der Waals surface area contributed by atoms with E-state index in [4.69, 9.17) is 23.2 Å². The van der Waals surface area contributed by atoms with Crippen molar-refractivity contribution in [3.05, 3.63) is 76.3 Å². The van der Waals surface area contributed by atoms with Crippen LogP contribution in [0.25, 0.3) is 0 Å². The van der Waals surface area contributed by atoms with Gasteiger partial charge in [0.15, 0.2) is 11.4 Å². The maximum Gasteiger partial charge on any atom is 0.264 e. The number of hydrogen-bond acceptors (Lipinski definition) is 3. The number of benzene rings is 2. The molecule has 2 aromatic carbocycles. The zero-order chi connectivity index (χ0) is 18.2. The van der Waals surface area contributed by atoms with Gasteiger partial charge in [0, 0.05) is 22.7 Å². The van der Waals surface area contributed by atoms with Crippen molar-refractivity contribution in [3.63, 3.8) is 0 Å². The number of fused-ring (bicyclic) bond motifs is 1. The van der Waals surface area contributed by atoms with E-state index in [1.54, 1.807) is 36.4 Å². The lowest BCUT2D eigenvalue weighted by molar-refractivity contribution is -0.135. The summed E-state index contributed by atoms with van der Waals surface area (Å²) >= 11 is 11.9. The minimum atomic E-state index is -1.93. The van der Waals surface area contributed by atoms with Gasteiger partial charge in [0.1, 0.15) is 0 Å². The number of carbonyl (C=O) groups is 2. The zero-order valence-electron chi connectivity index (χ0n) is 13.2. The topological polar surface area (TPSA) is 57.6 Å². The van der Waals surface area contributed by atoms with Gasteiger partial charge in [-0.2, -0.15) is 0 Å². The summed E-state index contributed by atoms with van der Waals surface area (Å²) in [6.07, 6.45) is 1.16. The molecule has 1 atom stereocenters. The van der Waals surface area contributed by atoms with E-state index in [2.05, 4.69) is 6.58 Å². The second-order valence-electron chi connectivity index (χ2n) is 5.81. The lowest BCUT2D eigenvalue weighted by Gasteiger charge is -2.22. The predicted octanol–water partition coefficient (Wildman–Crippen LogP) is 3.99. The standard InChI is InChI=1S/C19H15Cl2NO3/c1-2-9-22-16-6-4-3-5-14(16)19(25,18(22)24)11-17(23)13-8-7-12(20)10-15(13)21/h2-8,10,25H,1,9,11H2. The number of nitrogens with zero attached hydrogens (tertiary/aromatic N) is 1. The van der Waals surface area contributed by atoms with Crippen molar-refractivity contribution in [2.75, 3.05) is 11.4 Å². The highest BCUT2D eigenvalue weighted by Gasteiger charge is 2.50. The number of Topliss-reactive ketones (excluding diaryl/α,β-unsaturated/α-hetero) is 1. The number of aliphatic hydroxyl groups is 1. The highest BCUT2D eigenvalue weighted by Crippen LogP contribution is 2.43. The van der Waals surface area contributed by atoms with Crippen molar-refractivity contribution < 1.29 is 14.7 Å². The molecule has 0 saturated heterocycles. The molecule has 6 heteroatoms. The van der Waals surface area contributed by atoms with Crippen molar-refractivity contribution in [2.45, 2.75) is 12.0 Å². The molecule has 0 aliphatic carbocycles. The summed E-state index contributed by atoms with van der Waals surface area (Å²) < 4.78 is 0. The van der Waals surface area contributed by atoms with Crippen LogP contribution in [0, 0.1) is 0 Å². The first-order valence-corrected chi connectivity index (χ1v) is 8.37. The molecular weight excluding hydrogens is 361 g/mol. The molecule has 0 bridgehead atoms. The van der Waals surface area contributed by atoms with Gasteiger partial charge in [-0.3, -0.25) is 9.59 Å². The molecule has 1 aliphatic rings. The van der Waals surface area contributed by atoms with Crippen LogP contribution in [0.5, 0.6) is 0 Å². The molecule has 1 aliphatic heterocycles. The van der Waals surface area contributed by atoms with E-state index in [1.165, 1.54) is 17.0 Å². The molecule has 1 amide bonds. The fourth-order valence-electron chi connectivity index (χ4n) is 3.03. The number of carbonyl (C=O) groups excluding carboxylic acids is 2. The van der Waals surface area contributed by atoms with E-state index >= 15 is 0 Å². The summed E-state index contributed by atoms with van der Waals surface area (Å²) in [5.74, 6) is -0.986. The summed E-state index contributed by atoms with van der Waals surface area (Å²) in [7, 11) is 0. The minimum Gasteiger partial charge on any atom is -0.375 e. The van der Waals surface area contributed by atoms with Crippen molar-refractivity contribution in [2.24, 2.45) is 0 Å². The maximum atomic E-state index is 12.8. The average Bonchev–Trinajstić information content (AvgIpc) is 2.77. The van der Waals surface area contributed by atoms with E-state index in [0.29, 0.717) is 16.3 Å². The van der Waals surface area contributed by atoms with E-state index < -0.39 is 23.7 Å². The summed E-state index contributed by atoms with van der Waals surface area (Å²) in [5.41, 5.74) is -0.739. The monoisotopic (exact) mass is 375 g/mol. The van der Waals surface area contributed by atoms with Gasteiger partial charge in [-0.1, -0.05) is 47.5 Å². The first-order valence-electron chi connectivity index (χ1n) is 7.61. The molecule has 128 valence electrons. The average molecular weight is 376 g/mol. The smallest absolute Gasteiger partial charge is 0.264 e. The number of anilines is 1. The predicted molar refractivity (Wildman–Crippen MR) is 98.3 cm³/mol. The summed E-state index contributed by atoms with van der Waals surface area (Å²) in [5, 5.41) is 11.7. The van der Waals surface area contributed by atoms with Crippen LogP contribution < -0.4 is 4.90 Å². The molecule has 1 unspecified atom stereocenters. The molecule has 0 fully saturated rings. The van der Waals surface area contributed by atoms with Gasteiger partial charge in [0.2, 0.25) is 0 Å². The van der Waals surface area contributed by atoms with E-state index in [0.717, 1.165) is 0 Å². The van der Waals surface area contributed by atoms with Crippen molar-refractivity contribution >= 4 is 40.6 Å².